The molecular weight excluding hydrogens is 324 g/mol. The summed E-state index contributed by atoms with van der Waals surface area (Å²) in [5.74, 6) is -0.576. The van der Waals surface area contributed by atoms with Crippen LogP contribution in [0.15, 0.2) is 30.6 Å². The summed E-state index contributed by atoms with van der Waals surface area (Å²) in [4.78, 5) is 8.58. The number of ether oxygens (including phenoxy) is 1. The lowest BCUT2D eigenvalue weighted by molar-refractivity contribution is 0.195. The van der Waals surface area contributed by atoms with Crippen LogP contribution >= 0.6 is 12.4 Å². The Morgan fingerprint density at radius 2 is 1.91 bits per heavy atom. The number of methoxy groups -OCH3 is 1. The molecule has 1 N–H and O–H groups in total. The molecule has 0 radical (unpaired) electrons. The van der Waals surface area contributed by atoms with Gasteiger partial charge in [-0.3, -0.25) is 0 Å². The topological polar surface area (TPSA) is 47.0 Å². The standard InChI is InChI=1S/C16H19F2N3O.ClH/c1-11-9-20-16(21-10-11)15(19-5-6-22-2)7-12-3-4-13(17)8-14(12)18;/h3-4,8-10,15,19H,5-7H2,1-2H3;1H. The summed E-state index contributed by atoms with van der Waals surface area (Å²) >= 11 is 0. The van der Waals surface area contributed by atoms with Crippen LogP contribution in [0.1, 0.15) is 23.0 Å². The van der Waals surface area contributed by atoms with Crippen LogP contribution in [0.2, 0.25) is 0 Å². The summed E-state index contributed by atoms with van der Waals surface area (Å²) in [5, 5.41) is 3.24. The van der Waals surface area contributed by atoms with E-state index in [2.05, 4.69) is 15.3 Å². The molecule has 0 aliphatic heterocycles. The van der Waals surface area contributed by atoms with Crippen molar-refractivity contribution in [1.82, 2.24) is 15.3 Å². The fourth-order valence-corrected chi connectivity index (χ4v) is 2.08. The molecule has 2 aromatic rings. The summed E-state index contributed by atoms with van der Waals surface area (Å²) in [6.07, 6.45) is 3.77. The maximum Gasteiger partial charge on any atom is 0.145 e. The molecule has 0 bridgehead atoms. The van der Waals surface area contributed by atoms with E-state index in [-0.39, 0.29) is 18.4 Å². The van der Waals surface area contributed by atoms with Crippen LogP contribution in [0.3, 0.4) is 0 Å². The van der Waals surface area contributed by atoms with Crippen molar-refractivity contribution in [3.05, 3.63) is 59.2 Å². The quantitative estimate of drug-likeness (QED) is 0.785. The van der Waals surface area contributed by atoms with Crippen LogP contribution in [0.25, 0.3) is 0 Å². The Kier molecular flexibility index (Phi) is 8.02. The van der Waals surface area contributed by atoms with Crippen molar-refractivity contribution in [3.63, 3.8) is 0 Å². The highest BCUT2D eigenvalue weighted by Crippen LogP contribution is 2.18. The molecule has 0 aliphatic rings. The number of aryl methyl sites for hydroxylation is 1. The van der Waals surface area contributed by atoms with Crippen molar-refractivity contribution in [2.24, 2.45) is 0 Å². The van der Waals surface area contributed by atoms with Crippen LogP contribution < -0.4 is 5.32 Å². The molecule has 1 aromatic heterocycles. The van der Waals surface area contributed by atoms with Crippen molar-refractivity contribution >= 4 is 12.4 Å². The van der Waals surface area contributed by atoms with E-state index in [9.17, 15) is 8.78 Å². The Bertz CT molecular complexity index is 611. The number of nitrogens with one attached hydrogen (secondary N) is 1. The number of nitrogens with zero attached hydrogens (tertiary/aromatic N) is 2. The van der Waals surface area contributed by atoms with E-state index in [4.69, 9.17) is 4.74 Å². The Morgan fingerprint density at radius 3 is 2.52 bits per heavy atom. The number of halogens is 3. The first-order chi connectivity index (χ1) is 10.6. The van der Waals surface area contributed by atoms with Gasteiger partial charge in [-0.25, -0.2) is 18.7 Å². The summed E-state index contributed by atoms with van der Waals surface area (Å²) in [7, 11) is 1.61. The van der Waals surface area contributed by atoms with Gasteiger partial charge in [-0.2, -0.15) is 0 Å². The number of hydrogen-bond donors (Lipinski definition) is 1. The highest BCUT2D eigenvalue weighted by atomic mass is 35.5. The highest BCUT2D eigenvalue weighted by molar-refractivity contribution is 5.85. The van der Waals surface area contributed by atoms with Gasteiger partial charge in [-0.05, 0) is 30.5 Å². The molecule has 1 heterocycles. The van der Waals surface area contributed by atoms with Gasteiger partial charge >= 0.3 is 0 Å². The van der Waals surface area contributed by atoms with Crippen molar-refractivity contribution in [2.75, 3.05) is 20.3 Å². The van der Waals surface area contributed by atoms with E-state index in [1.807, 2.05) is 6.92 Å². The molecular formula is C16H20ClF2N3O. The van der Waals surface area contributed by atoms with Crippen LogP contribution in [0, 0.1) is 18.6 Å². The predicted molar refractivity (Wildman–Crippen MR) is 86.7 cm³/mol. The fraction of sp³-hybridized carbons (Fsp3) is 0.375. The summed E-state index contributed by atoms with van der Waals surface area (Å²) in [5.41, 5.74) is 1.37. The highest BCUT2D eigenvalue weighted by Gasteiger charge is 2.17. The van der Waals surface area contributed by atoms with Gasteiger partial charge in [-0.1, -0.05) is 6.07 Å². The minimum Gasteiger partial charge on any atom is -0.383 e. The van der Waals surface area contributed by atoms with Crippen molar-refractivity contribution in [3.8, 4) is 0 Å². The average molecular weight is 344 g/mol. The van der Waals surface area contributed by atoms with Gasteiger partial charge in [0.05, 0.1) is 12.6 Å². The van der Waals surface area contributed by atoms with E-state index in [1.165, 1.54) is 12.1 Å². The Balaban J connectivity index is 0.00000264. The van der Waals surface area contributed by atoms with E-state index in [1.54, 1.807) is 19.5 Å². The third kappa shape index (κ3) is 5.82. The second kappa shape index (κ2) is 9.50. The lowest BCUT2D eigenvalue weighted by Crippen LogP contribution is -2.28. The van der Waals surface area contributed by atoms with Gasteiger partial charge in [0.2, 0.25) is 0 Å². The Morgan fingerprint density at radius 1 is 1.22 bits per heavy atom. The third-order valence-electron chi connectivity index (χ3n) is 3.25. The minimum absolute atomic E-state index is 0. The molecule has 7 heteroatoms. The second-order valence-corrected chi connectivity index (χ2v) is 5.06. The molecule has 1 atom stereocenters. The summed E-state index contributed by atoms with van der Waals surface area (Å²) < 4.78 is 31.9. The molecule has 1 aromatic carbocycles. The lowest BCUT2D eigenvalue weighted by Gasteiger charge is -2.18. The number of hydrogen-bond acceptors (Lipinski definition) is 4. The van der Waals surface area contributed by atoms with Gasteiger partial charge in [0, 0.05) is 32.1 Å². The van der Waals surface area contributed by atoms with Gasteiger partial charge < -0.3 is 10.1 Å². The van der Waals surface area contributed by atoms with E-state index in [0.717, 1.165) is 11.6 Å². The normalized spacial score (nSPS) is 11.8. The number of benzene rings is 1. The van der Waals surface area contributed by atoms with Crippen molar-refractivity contribution < 1.29 is 13.5 Å². The average Bonchev–Trinajstić information content (AvgIpc) is 2.50. The van der Waals surface area contributed by atoms with Crippen molar-refractivity contribution in [2.45, 2.75) is 19.4 Å². The minimum atomic E-state index is -0.586. The maximum absolute atomic E-state index is 13.8. The van der Waals surface area contributed by atoms with E-state index in [0.29, 0.717) is 31.0 Å². The number of aromatic nitrogens is 2. The number of rotatable bonds is 7. The summed E-state index contributed by atoms with van der Waals surface area (Å²) in [6, 6.07) is 3.32. The predicted octanol–water partition coefficient (Wildman–Crippen LogP) is 3.00. The van der Waals surface area contributed by atoms with E-state index < -0.39 is 11.6 Å². The SMILES string of the molecule is COCCNC(Cc1ccc(F)cc1F)c1ncc(C)cn1.Cl. The largest absolute Gasteiger partial charge is 0.383 e. The Labute approximate surface area is 140 Å². The maximum atomic E-state index is 13.8. The summed E-state index contributed by atoms with van der Waals surface area (Å²) in [6.45, 7) is 3.01. The van der Waals surface area contributed by atoms with Gasteiger partial charge in [-0.15, -0.1) is 12.4 Å². The lowest BCUT2D eigenvalue weighted by atomic mass is 10.0. The smallest absolute Gasteiger partial charge is 0.145 e. The molecule has 126 valence electrons. The molecule has 0 saturated carbocycles. The third-order valence-corrected chi connectivity index (χ3v) is 3.25. The van der Waals surface area contributed by atoms with Crippen LogP contribution in [-0.4, -0.2) is 30.2 Å². The Hall–Kier alpha value is -1.63. The second-order valence-electron chi connectivity index (χ2n) is 5.06. The molecule has 0 spiro atoms. The van der Waals surface area contributed by atoms with Crippen molar-refractivity contribution in [1.29, 1.82) is 0 Å². The van der Waals surface area contributed by atoms with E-state index >= 15 is 0 Å². The molecule has 2 rings (SSSR count). The zero-order valence-electron chi connectivity index (χ0n) is 13.1. The molecule has 0 aliphatic carbocycles. The zero-order valence-corrected chi connectivity index (χ0v) is 13.9. The van der Waals surface area contributed by atoms with Crippen LogP contribution in [0.4, 0.5) is 8.78 Å². The van der Waals surface area contributed by atoms with Crippen LogP contribution in [0.5, 0.6) is 0 Å². The monoisotopic (exact) mass is 343 g/mol. The first-order valence-electron chi connectivity index (χ1n) is 7.05. The molecule has 0 fully saturated rings. The molecule has 23 heavy (non-hydrogen) atoms. The molecule has 0 saturated heterocycles. The van der Waals surface area contributed by atoms with Crippen LogP contribution in [-0.2, 0) is 11.2 Å². The first-order valence-corrected chi connectivity index (χ1v) is 7.05. The fourth-order valence-electron chi connectivity index (χ4n) is 2.08. The molecule has 4 nitrogen and oxygen atoms in total. The molecule has 1 unspecified atom stereocenters. The first kappa shape index (κ1) is 19.4. The zero-order chi connectivity index (χ0) is 15.9. The van der Waals surface area contributed by atoms with Gasteiger partial charge in [0.1, 0.15) is 17.5 Å². The van der Waals surface area contributed by atoms with Gasteiger partial charge in [0.25, 0.3) is 0 Å². The van der Waals surface area contributed by atoms with Gasteiger partial charge in [0.15, 0.2) is 0 Å². The molecule has 0 amide bonds.